The quantitative estimate of drug-likeness (QED) is 0.387. The average Bonchev–Trinajstić information content (AvgIpc) is 3.06. The summed E-state index contributed by atoms with van der Waals surface area (Å²) in [5.74, 6) is -0.688. The van der Waals surface area contributed by atoms with Gasteiger partial charge in [-0.3, -0.25) is 9.59 Å². The van der Waals surface area contributed by atoms with Gasteiger partial charge < -0.3 is 24.4 Å². The van der Waals surface area contributed by atoms with Crippen LogP contribution in [0.15, 0.2) is 48.0 Å². The van der Waals surface area contributed by atoms with Crippen LogP contribution in [0.5, 0.6) is 11.5 Å². The minimum absolute atomic E-state index is 0.0569. The zero-order valence-corrected chi connectivity index (χ0v) is 19.2. The molecule has 1 aliphatic heterocycles. The van der Waals surface area contributed by atoms with Crippen molar-refractivity contribution in [3.8, 4) is 11.5 Å². The van der Waals surface area contributed by atoms with Crippen LogP contribution >= 0.6 is 0 Å². The van der Waals surface area contributed by atoms with Gasteiger partial charge in [0.25, 0.3) is 11.7 Å². The maximum atomic E-state index is 13.1. The monoisotopic (exact) mass is 438 g/mol. The van der Waals surface area contributed by atoms with Crippen molar-refractivity contribution in [3.05, 3.63) is 64.7 Å². The Morgan fingerprint density at radius 1 is 1.06 bits per heavy atom. The highest BCUT2D eigenvalue weighted by Gasteiger charge is 2.46. The number of hydrogen-bond donors (Lipinski definition) is 1. The first-order valence-electron chi connectivity index (χ1n) is 10.6. The van der Waals surface area contributed by atoms with Crippen molar-refractivity contribution < 1.29 is 24.2 Å². The van der Waals surface area contributed by atoms with Crippen molar-refractivity contribution in [3.63, 3.8) is 0 Å². The van der Waals surface area contributed by atoms with Crippen LogP contribution < -0.4 is 9.47 Å². The first-order valence-corrected chi connectivity index (χ1v) is 10.6. The van der Waals surface area contributed by atoms with Crippen LogP contribution in [0.4, 0.5) is 0 Å². The number of carbonyl (C=O) groups is 2. The summed E-state index contributed by atoms with van der Waals surface area (Å²) in [6, 6.07) is 12.0. The molecule has 2 aromatic carbocycles. The molecule has 170 valence electrons. The van der Waals surface area contributed by atoms with E-state index in [1.54, 1.807) is 18.2 Å². The first-order chi connectivity index (χ1) is 15.3. The molecule has 2 aromatic rings. The van der Waals surface area contributed by atoms with Crippen LogP contribution in [0.1, 0.15) is 29.7 Å². The number of carbonyl (C=O) groups excluding carboxylic acids is 2. The van der Waals surface area contributed by atoms with E-state index in [9.17, 15) is 14.7 Å². The molecule has 1 atom stereocenters. The first kappa shape index (κ1) is 23.3. The standard InChI is InChI=1S/C25H30N2O5/c1-6-16-7-9-17(10-8-16)22-21(24(29)25(30)27(22)14-13-26(2)3)23(28)19-12-11-18(31-4)15-20(19)32-5/h7-12,15,22,28H,6,13-14H2,1-5H3/b23-21-. The number of amides is 1. The number of aliphatic hydroxyl groups excluding tert-OH is 1. The van der Waals surface area contributed by atoms with Gasteiger partial charge in [-0.25, -0.2) is 0 Å². The van der Waals surface area contributed by atoms with Gasteiger partial charge in [0, 0.05) is 19.2 Å². The van der Waals surface area contributed by atoms with E-state index < -0.39 is 17.7 Å². The summed E-state index contributed by atoms with van der Waals surface area (Å²) in [6.45, 7) is 3.00. The number of likely N-dealkylation sites (tertiary alicyclic amines) is 1. The number of aryl methyl sites for hydroxylation is 1. The lowest BCUT2D eigenvalue weighted by atomic mass is 9.94. The van der Waals surface area contributed by atoms with Gasteiger partial charge in [-0.1, -0.05) is 31.2 Å². The molecular formula is C25H30N2O5. The van der Waals surface area contributed by atoms with Gasteiger partial charge in [0.1, 0.15) is 17.3 Å². The van der Waals surface area contributed by atoms with E-state index in [2.05, 4.69) is 6.92 Å². The highest BCUT2D eigenvalue weighted by atomic mass is 16.5. The van der Waals surface area contributed by atoms with Crippen LogP contribution in [0.2, 0.25) is 0 Å². The number of methoxy groups -OCH3 is 2. The number of rotatable bonds is 8. The summed E-state index contributed by atoms with van der Waals surface area (Å²) < 4.78 is 10.6. The number of aliphatic hydroxyl groups is 1. The summed E-state index contributed by atoms with van der Waals surface area (Å²) in [6.07, 6.45) is 0.879. The molecule has 1 N–H and O–H groups in total. The molecule has 7 heteroatoms. The number of hydrogen-bond acceptors (Lipinski definition) is 6. The molecule has 1 aliphatic rings. The van der Waals surface area contributed by atoms with Crippen molar-refractivity contribution in [1.82, 2.24) is 9.80 Å². The van der Waals surface area contributed by atoms with Gasteiger partial charge in [-0.15, -0.1) is 0 Å². The van der Waals surface area contributed by atoms with E-state index in [4.69, 9.17) is 9.47 Å². The molecule has 0 aliphatic carbocycles. The summed E-state index contributed by atoms with van der Waals surface area (Å²) >= 11 is 0. The Hall–Kier alpha value is -3.32. The Morgan fingerprint density at radius 3 is 2.31 bits per heavy atom. The molecule has 0 spiro atoms. The third kappa shape index (κ3) is 4.48. The highest BCUT2D eigenvalue weighted by molar-refractivity contribution is 6.46. The smallest absolute Gasteiger partial charge is 0.295 e. The molecular weight excluding hydrogens is 408 g/mol. The number of ketones is 1. The van der Waals surface area contributed by atoms with Crippen molar-refractivity contribution in [1.29, 1.82) is 0 Å². The zero-order chi connectivity index (χ0) is 23.4. The summed E-state index contributed by atoms with van der Waals surface area (Å²) in [4.78, 5) is 29.6. The van der Waals surface area contributed by atoms with Gasteiger partial charge in [0.05, 0.1) is 31.4 Å². The Labute approximate surface area is 188 Å². The minimum Gasteiger partial charge on any atom is -0.507 e. The third-order valence-corrected chi connectivity index (χ3v) is 5.70. The molecule has 7 nitrogen and oxygen atoms in total. The minimum atomic E-state index is -0.705. The number of ether oxygens (including phenoxy) is 2. The Kier molecular flexibility index (Phi) is 7.20. The van der Waals surface area contributed by atoms with Crippen LogP contribution in [-0.2, 0) is 16.0 Å². The van der Waals surface area contributed by atoms with E-state index in [0.29, 0.717) is 30.2 Å². The fourth-order valence-electron chi connectivity index (χ4n) is 3.84. The van der Waals surface area contributed by atoms with Gasteiger partial charge >= 0.3 is 0 Å². The summed E-state index contributed by atoms with van der Waals surface area (Å²) in [5.41, 5.74) is 2.31. The summed E-state index contributed by atoms with van der Waals surface area (Å²) in [5, 5.41) is 11.3. The van der Waals surface area contributed by atoms with Crippen LogP contribution in [-0.4, -0.2) is 68.0 Å². The molecule has 1 amide bonds. The van der Waals surface area contributed by atoms with E-state index >= 15 is 0 Å². The fourth-order valence-corrected chi connectivity index (χ4v) is 3.84. The summed E-state index contributed by atoms with van der Waals surface area (Å²) in [7, 11) is 6.82. The molecule has 0 saturated carbocycles. The average molecular weight is 439 g/mol. The van der Waals surface area contributed by atoms with Crippen LogP contribution in [0, 0.1) is 0 Å². The second kappa shape index (κ2) is 9.87. The van der Waals surface area contributed by atoms with Crippen molar-refractivity contribution in [2.75, 3.05) is 41.4 Å². The lowest BCUT2D eigenvalue weighted by Crippen LogP contribution is -2.35. The second-order valence-corrected chi connectivity index (χ2v) is 7.96. The van der Waals surface area contributed by atoms with Crippen molar-refractivity contribution in [2.24, 2.45) is 0 Å². The molecule has 0 radical (unpaired) electrons. The molecule has 1 saturated heterocycles. The van der Waals surface area contributed by atoms with Gasteiger partial charge in [-0.2, -0.15) is 0 Å². The maximum Gasteiger partial charge on any atom is 0.295 e. The van der Waals surface area contributed by atoms with Crippen LogP contribution in [0.25, 0.3) is 5.76 Å². The maximum absolute atomic E-state index is 13.1. The third-order valence-electron chi connectivity index (χ3n) is 5.70. The number of likely N-dealkylation sites (N-methyl/N-ethyl adjacent to an activating group) is 1. The van der Waals surface area contributed by atoms with E-state index in [-0.39, 0.29) is 11.3 Å². The molecule has 3 rings (SSSR count). The lowest BCUT2D eigenvalue weighted by Gasteiger charge is -2.26. The van der Waals surface area contributed by atoms with E-state index in [1.165, 1.54) is 19.1 Å². The molecule has 1 unspecified atom stereocenters. The SMILES string of the molecule is CCc1ccc(C2/C(=C(/O)c3ccc(OC)cc3OC)C(=O)C(=O)N2CCN(C)C)cc1. The molecule has 32 heavy (non-hydrogen) atoms. The van der Waals surface area contributed by atoms with Gasteiger partial charge in [0.15, 0.2) is 0 Å². The van der Waals surface area contributed by atoms with Crippen molar-refractivity contribution >= 4 is 17.4 Å². The normalized spacial score (nSPS) is 17.8. The second-order valence-electron chi connectivity index (χ2n) is 7.96. The molecule has 1 fully saturated rings. The van der Waals surface area contributed by atoms with Crippen molar-refractivity contribution in [2.45, 2.75) is 19.4 Å². The molecule has 0 aromatic heterocycles. The lowest BCUT2D eigenvalue weighted by molar-refractivity contribution is -0.140. The molecule has 1 heterocycles. The molecule has 0 bridgehead atoms. The number of Topliss-reactive ketones (excluding diaryl/α,β-unsaturated/α-hetero) is 1. The Bertz CT molecular complexity index is 1030. The predicted molar refractivity (Wildman–Crippen MR) is 123 cm³/mol. The Balaban J connectivity index is 2.17. The van der Waals surface area contributed by atoms with E-state index in [0.717, 1.165) is 17.5 Å². The van der Waals surface area contributed by atoms with Gasteiger partial charge in [0.2, 0.25) is 0 Å². The zero-order valence-electron chi connectivity index (χ0n) is 19.2. The predicted octanol–water partition coefficient (Wildman–Crippen LogP) is 3.25. The van der Waals surface area contributed by atoms with Crippen LogP contribution in [0.3, 0.4) is 0 Å². The Morgan fingerprint density at radius 2 is 1.75 bits per heavy atom. The number of nitrogens with zero attached hydrogens (tertiary/aromatic N) is 2. The highest BCUT2D eigenvalue weighted by Crippen LogP contribution is 2.41. The topological polar surface area (TPSA) is 79.3 Å². The number of benzene rings is 2. The largest absolute Gasteiger partial charge is 0.507 e. The van der Waals surface area contributed by atoms with Gasteiger partial charge in [-0.05, 0) is 43.8 Å². The fraction of sp³-hybridized carbons (Fsp3) is 0.360. The van der Waals surface area contributed by atoms with E-state index in [1.807, 2.05) is 43.3 Å².